The Bertz CT molecular complexity index is 1090. The highest BCUT2D eigenvalue weighted by molar-refractivity contribution is 7.90. The summed E-state index contributed by atoms with van der Waals surface area (Å²) in [6.45, 7) is 0.140. The van der Waals surface area contributed by atoms with Gasteiger partial charge in [-0.2, -0.15) is 10.1 Å². The van der Waals surface area contributed by atoms with Crippen molar-refractivity contribution in [2.75, 3.05) is 18.8 Å². The first-order valence-corrected chi connectivity index (χ1v) is 8.84. The zero-order valence-corrected chi connectivity index (χ0v) is 13.7. The first-order chi connectivity index (χ1) is 11.3. The minimum absolute atomic E-state index is 0.140. The highest BCUT2D eigenvalue weighted by atomic mass is 32.2. The molecule has 1 aliphatic rings. The summed E-state index contributed by atoms with van der Waals surface area (Å²) in [5, 5.41) is 4.35. The van der Waals surface area contributed by atoms with Gasteiger partial charge in [-0.3, -0.25) is 4.68 Å². The Balaban J connectivity index is 2.06. The quantitative estimate of drug-likeness (QED) is 0.674. The number of sulfone groups is 1. The van der Waals surface area contributed by atoms with Crippen molar-refractivity contribution in [3.05, 3.63) is 18.2 Å². The van der Waals surface area contributed by atoms with Crippen molar-refractivity contribution in [2.24, 2.45) is 7.05 Å². The fourth-order valence-electron chi connectivity index (χ4n) is 2.51. The third-order valence-electron chi connectivity index (χ3n) is 3.70. The van der Waals surface area contributed by atoms with E-state index < -0.39 is 9.84 Å². The molecular weight excluding hydrogens is 334 g/mol. The third-order valence-corrected chi connectivity index (χ3v) is 4.54. The van der Waals surface area contributed by atoms with E-state index in [1.165, 1.54) is 4.68 Å². The maximum Gasteiger partial charge on any atom is 0.249 e. The minimum Gasteiger partial charge on any atom is -0.454 e. The van der Waals surface area contributed by atoms with Gasteiger partial charge >= 0.3 is 0 Å². The van der Waals surface area contributed by atoms with Crippen molar-refractivity contribution in [3.63, 3.8) is 0 Å². The van der Waals surface area contributed by atoms with Gasteiger partial charge in [0.15, 0.2) is 17.1 Å². The lowest BCUT2D eigenvalue weighted by Gasteiger charge is -2.06. The Labute approximate surface area is 136 Å². The predicted molar refractivity (Wildman–Crippen MR) is 85.4 cm³/mol. The molecule has 24 heavy (non-hydrogen) atoms. The van der Waals surface area contributed by atoms with Crippen molar-refractivity contribution < 1.29 is 17.9 Å². The molecule has 124 valence electrons. The van der Waals surface area contributed by atoms with E-state index in [1.807, 2.05) is 0 Å². The molecule has 3 aromatic rings. The molecule has 1 aromatic carbocycles. The monoisotopic (exact) mass is 347 g/mol. The van der Waals surface area contributed by atoms with Gasteiger partial charge in [0.05, 0.1) is 11.1 Å². The third kappa shape index (κ3) is 2.14. The highest BCUT2D eigenvalue weighted by Crippen LogP contribution is 2.38. The molecule has 9 nitrogen and oxygen atoms in total. The number of benzene rings is 1. The number of hydrogen-bond acceptors (Lipinski definition) is 8. The largest absolute Gasteiger partial charge is 0.454 e. The van der Waals surface area contributed by atoms with Gasteiger partial charge in [0.1, 0.15) is 5.82 Å². The van der Waals surface area contributed by atoms with E-state index in [9.17, 15) is 8.42 Å². The van der Waals surface area contributed by atoms with Crippen molar-refractivity contribution in [2.45, 2.75) is 5.16 Å². The molecular formula is C14H13N5O4S. The van der Waals surface area contributed by atoms with Gasteiger partial charge in [-0.15, -0.1) is 0 Å². The Kier molecular flexibility index (Phi) is 2.94. The molecule has 0 saturated heterocycles. The number of nitrogens with zero attached hydrogens (tertiary/aromatic N) is 4. The van der Waals surface area contributed by atoms with Crippen LogP contribution < -0.4 is 15.2 Å². The van der Waals surface area contributed by atoms with Crippen LogP contribution in [0.1, 0.15) is 0 Å². The van der Waals surface area contributed by atoms with Gasteiger partial charge in [-0.25, -0.2) is 13.4 Å². The van der Waals surface area contributed by atoms with E-state index >= 15 is 0 Å². The van der Waals surface area contributed by atoms with Crippen LogP contribution in [0.3, 0.4) is 0 Å². The van der Waals surface area contributed by atoms with E-state index in [0.29, 0.717) is 34.0 Å². The second kappa shape index (κ2) is 4.81. The number of aromatic nitrogens is 4. The minimum atomic E-state index is -3.61. The molecule has 4 rings (SSSR count). The summed E-state index contributed by atoms with van der Waals surface area (Å²) in [5.41, 5.74) is 7.30. The van der Waals surface area contributed by atoms with Gasteiger partial charge in [-0.05, 0) is 18.2 Å². The van der Waals surface area contributed by atoms with Gasteiger partial charge in [0.25, 0.3) is 0 Å². The molecule has 2 aromatic heterocycles. The molecule has 0 amide bonds. The van der Waals surface area contributed by atoms with Crippen LogP contribution in [0.25, 0.3) is 22.3 Å². The van der Waals surface area contributed by atoms with E-state index in [2.05, 4.69) is 15.1 Å². The average molecular weight is 347 g/mol. The first-order valence-electron chi connectivity index (χ1n) is 6.95. The zero-order valence-electron chi connectivity index (χ0n) is 12.8. The van der Waals surface area contributed by atoms with Crippen LogP contribution in [0, 0.1) is 0 Å². The van der Waals surface area contributed by atoms with Crippen LogP contribution in [-0.4, -0.2) is 41.2 Å². The molecule has 0 unspecified atom stereocenters. The van der Waals surface area contributed by atoms with Gasteiger partial charge in [0.2, 0.25) is 21.8 Å². The fraction of sp³-hybridized carbons (Fsp3) is 0.214. The molecule has 0 radical (unpaired) electrons. The maximum atomic E-state index is 11.9. The summed E-state index contributed by atoms with van der Waals surface area (Å²) >= 11 is 0. The van der Waals surface area contributed by atoms with Crippen molar-refractivity contribution >= 4 is 26.7 Å². The van der Waals surface area contributed by atoms with Crippen LogP contribution in [0.4, 0.5) is 5.82 Å². The Morgan fingerprint density at radius 2 is 1.96 bits per heavy atom. The molecule has 0 spiro atoms. The van der Waals surface area contributed by atoms with Crippen molar-refractivity contribution in [1.29, 1.82) is 0 Å². The number of ether oxygens (including phenoxy) is 2. The van der Waals surface area contributed by atoms with Gasteiger partial charge < -0.3 is 15.2 Å². The van der Waals surface area contributed by atoms with Crippen LogP contribution in [0.15, 0.2) is 23.4 Å². The molecule has 3 heterocycles. The first kappa shape index (κ1) is 14.7. The highest BCUT2D eigenvalue weighted by Gasteiger charge is 2.23. The lowest BCUT2D eigenvalue weighted by atomic mass is 10.1. The molecule has 0 bridgehead atoms. The van der Waals surface area contributed by atoms with E-state index in [-0.39, 0.29) is 17.6 Å². The van der Waals surface area contributed by atoms with Crippen LogP contribution in [-0.2, 0) is 16.9 Å². The fourth-order valence-corrected chi connectivity index (χ4v) is 3.02. The molecule has 0 aliphatic carbocycles. The van der Waals surface area contributed by atoms with E-state index in [1.54, 1.807) is 25.2 Å². The lowest BCUT2D eigenvalue weighted by Crippen LogP contribution is -2.05. The van der Waals surface area contributed by atoms with Crippen molar-refractivity contribution in [1.82, 2.24) is 19.7 Å². The van der Waals surface area contributed by atoms with Gasteiger partial charge in [-0.1, -0.05) is 0 Å². The molecule has 10 heteroatoms. The average Bonchev–Trinajstić information content (AvgIpc) is 3.10. The lowest BCUT2D eigenvalue weighted by molar-refractivity contribution is 0.174. The van der Waals surface area contributed by atoms with Gasteiger partial charge in [0, 0.05) is 18.9 Å². The smallest absolute Gasteiger partial charge is 0.249 e. The Morgan fingerprint density at radius 1 is 1.21 bits per heavy atom. The normalized spacial score (nSPS) is 13.6. The summed E-state index contributed by atoms with van der Waals surface area (Å²) in [6, 6.07) is 5.22. The van der Waals surface area contributed by atoms with Crippen LogP contribution in [0.2, 0.25) is 0 Å². The summed E-state index contributed by atoms with van der Waals surface area (Å²) in [7, 11) is -1.95. The molecule has 0 saturated carbocycles. The molecule has 2 N–H and O–H groups in total. The predicted octanol–water partition coefficient (Wildman–Crippen LogP) is 0.745. The van der Waals surface area contributed by atoms with Crippen LogP contribution in [0.5, 0.6) is 11.5 Å². The summed E-state index contributed by atoms with van der Waals surface area (Å²) < 4.78 is 35.9. The number of nitrogen functional groups attached to an aromatic ring is 1. The number of fused-ring (bicyclic) bond motifs is 2. The van der Waals surface area contributed by atoms with E-state index in [4.69, 9.17) is 15.2 Å². The van der Waals surface area contributed by atoms with Crippen LogP contribution >= 0.6 is 0 Å². The number of hydrogen-bond donors (Lipinski definition) is 1. The molecule has 0 fully saturated rings. The summed E-state index contributed by atoms with van der Waals surface area (Å²) in [6.07, 6.45) is 1.05. The van der Waals surface area contributed by atoms with E-state index in [0.717, 1.165) is 6.26 Å². The molecule has 1 aliphatic heterocycles. The topological polar surface area (TPSA) is 122 Å². The number of aryl methyl sites for hydroxylation is 1. The summed E-state index contributed by atoms with van der Waals surface area (Å²) in [5.74, 6) is 1.52. The summed E-state index contributed by atoms with van der Waals surface area (Å²) in [4.78, 5) is 8.23. The number of rotatable bonds is 2. The zero-order chi connectivity index (χ0) is 17.1. The van der Waals surface area contributed by atoms with Crippen molar-refractivity contribution in [3.8, 4) is 22.8 Å². The second-order valence-corrected chi connectivity index (χ2v) is 7.31. The SMILES string of the molecule is Cn1nc2nc(S(C)(=O)=O)nc(-c3ccc4c(c3)OCO4)c2c1N. The second-order valence-electron chi connectivity index (χ2n) is 5.40. The number of anilines is 1. The maximum absolute atomic E-state index is 11.9. The standard InChI is InChI=1S/C14H13N5O4S/c1-19-12(15)10-11(7-3-4-8-9(5-7)23-6-22-8)16-14(24(2,20)21)17-13(10)18-19/h3-5H,6,15H2,1-2H3. The molecule has 0 atom stereocenters. The number of nitrogens with two attached hydrogens (primary N) is 1. The Hall–Kier alpha value is -2.88. The Morgan fingerprint density at radius 3 is 2.71 bits per heavy atom.